The molecule has 0 aliphatic heterocycles. The van der Waals surface area contributed by atoms with Gasteiger partial charge in [-0.05, 0) is 24.8 Å². The minimum absolute atomic E-state index is 0.101. The van der Waals surface area contributed by atoms with Crippen LogP contribution in [0.1, 0.15) is 31.2 Å². The fourth-order valence-corrected chi connectivity index (χ4v) is 3.29. The van der Waals surface area contributed by atoms with Gasteiger partial charge >= 0.3 is 0 Å². The smallest absolute Gasteiger partial charge is 0.222 e. The molecule has 180 valence electrons. The summed E-state index contributed by atoms with van der Waals surface area (Å²) < 4.78 is 15.5. The second kappa shape index (κ2) is 17.1. The van der Waals surface area contributed by atoms with Crippen LogP contribution in [0, 0.1) is 11.8 Å². The van der Waals surface area contributed by atoms with E-state index >= 15 is 0 Å². The number of carbonyl (C=O) groups is 3. The number of carbonyl (C=O) groups excluding carboxylic acids is 3. The Kier molecular flexibility index (Phi) is 14.7. The molecular formula is C23H37N3O6. The Bertz CT molecular complexity index is 671. The van der Waals surface area contributed by atoms with Crippen LogP contribution >= 0.6 is 0 Å². The van der Waals surface area contributed by atoms with E-state index in [0.29, 0.717) is 65.3 Å². The molecular weight excluding hydrogens is 414 g/mol. The van der Waals surface area contributed by atoms with Gasteiger partial charge in [0.15, 0.2) is 0 Å². The Balaban J connectivity index is 2.24. The van der Waals surface area contributed by atoms with Crippen LogP contribution in [0.3, 0.4) is 0 Å². The van der Waals surface area contributed by atoms with E-state index in [2.05, 4.69) is 5.32 Å². The molecule has 1 unspecified atom stereocenters. The van der Waals surface area contributed by atoms with Crippen LogP contribution in [0.2, 0.25) is 0 Å². The third kappa shape index (κ3) is 12.4. The fourth-order valence-electron chi connectivity index (χ4n) is 3.29. The van der Waals surface area contributed by atoms with E-state index in [1.165, 1.54) is 0 Å². The lowest BCUT2D eigenvalue weighted by atomic mass is 9.82. The second-order valence-electron chi connectivity index (χ2n) is 7.52. The molecule has 0 radical (unpaired) electrons. The van der Waals surface area contributed by atoms with Crippen molar-refractivity contribution in [3.05, 3.63) is 35.9 Å². The van der Waals surface area contributed by atoms with Crippen LogP contribution in [-0.2, 0) is 35.0 Å². The molecule has 0 saturated carbocycles. The average Bonchev–Trinajstić information content (AvgIpc) is 2.77. The quantitative estimate of drug-likeness (QED) is 0.265. The molecule has 2 atom stereocenters. The first kappa shape index (κ1) is 27.5. The maximum atomic E-state index is 12.0. The van der Waals surface area contributed by atoms with Gasteiger partial charge in [0, 0.05) is 26.0 Å². The normalized spacial score (nSPS) is 12.8. The van der Waals surface area contributed by atoms with Crippen LogP contribution in [-0.4, -0.2) is 64.4 Å². The van der Waals surface area contributed by atoms with Crippen LogP contribution in [0.4, 0.5) is 0 Å². The molecule has 0 aromatic heterocycles. The van der Waals surface area contributed by atoms with Gasteiger partial charge in [0.25, 0.3) is 0 Å². The van der Waals surface area contributed by atoms with Gasteiger partial charge in [0.05, 0.1) is 39.0 Å². The number of primary amides is 2. The van der Waals surface area contributed by atoms with E-state index in [9.17, 15) is 14.4 Å². The largest absolute Gasteiger partial charge is 0.382 e. The minimum Gasteiger partial charge on any atom is -0.382 e. The van der Waals surface area contributed by atoms with Gasteiger partial charge in [-0.2, -0.15) is 0 Å². The molecule has 0 saturated heterocycles. The molecule has 0 aliphatic rings. The molecule has 0 aliphatic carbocycles. The monoisotopic (exact) mass is 451 g/mol. The van der Waals surface area contributed by atoms with Crippen molar-refractivity contribution >= 4 is 17.7 Å². The number of rotatable bonds is 19. The molecule has 3 amide bonds. The number of unbranched alkanes of at least 4 members (excludes halogenated alkanes) is 1. The fraction of sp³-hybridized carbons (Fsp3) is 0.609. The molecule has 9 nitrogen and oxygen atoms in total. The van der Waals surface area contributed by atoms with Gasteiger partial charge in [-0.1, -0.05) is 36.8 Å². The number of hydrogen-bond acceptors (Lipinski definition) is 6. The predicted molar refractivity (Wildman–Crippen MR) is 121 cm³/mol. The third-order valence-corrected chi connectivity index (χ3v) is 5.06. The third-order valence-electron chi connectivity index (χ3n) is 5.06. The van der Waals surface area contributed by atoms with Crippen molar-refractivity contribution in [2.75, 3.05) is 46.7 Å². The van der Waals surface area contributed by atoms with E-state index in [1.807, 2.05) is 30.3 Å². The van der Waals surface area contributed by atoms with Gasteiger partial charge in [-0.3, -0.25) is 14.4 Å². The SMILES string of the molecule is COCCOCCOCCC(=O)NCCCCC(C(N)=O)[C@H](Cc1ccccc1)C(N)=O. The second-order valence-corrected chi connectivity index (χ2v) is 7.52. The van der Waals surface area contributed by atoms with Gasteiger partial charge in [0.2, 0.25) is 17.7 Å². The van der Waals surface area contributed by atoms with Crippen molar-refractivity contribution in [3.8, 4) is 0 Å². The first-order chi connectivity index (χ1) is 15.5. The molecule has 0 spiro atoms. The number of amides is 3. The Morgan fingerprint density at radius 3 is 2.12 bits per heavy atom. The summed E-state index contributed by atoms with van der Waals surface area (Å²) in [6.07, 6.45) is 2.39. The van der Waals surface area contributed by atoms with Crippen molar-refractivity contribution in [2.24, 2.45) is 23.3 Å². The Hall–Kier alpha value is -2.49. The molecule has 1 rings (SSSR count). The van der Waals surface area contributed by atoms with Crippen molar-refractivity contribution in [2.45, 2.75) is 32.1 Å². The average molecular weight is 452 g/mol. The summed E-state index contributed by atoms with van der Waals surface area (Å²) in [5, 5.41) is 2.82. The standard InChI is InChI=1S/C23H37N3O6/c1-30-13-14-32-16-15-31-12-10-21(27)26-11-6-5-9-19(22(24)28)20(23(25)29)17-18-7-3-2-4-8-18/h2-4,7-8,19-20H,5-6,9-17H2,1H3,(H2,24,28)(H2,25,29)(H,26,27)/t19?,20-/m0/s1. The zero-order valence-electron chi connectivity index (χ0n) is 18.9. The Morgan fingerprint density at radius 2 is 1.50 bits per heavy atom. The minimum atomic E-state index is -0.653. The van der Waals surface area contributed by atoms with Crippen molar-refractivity contribution in [3.63, 3.8) is 0 Å². The Labute approximate surface area is 190 Å². The lowest BCUT2D eigenvalue weighted by Gasteiger charge is -2.22. The van der Waals surface area contributed by atoms with Crippen LogP contribution in [0.15, 0.2) is 30.3 Å². The van der Waals surface area contributed by atoms with Crippen molar-refractivity contribution < 1.29 is 28.6 Å². The molecule has 32 heavy (non-hydrogen) atoms. The zero-order chi connectivity index (χ0) is 23.6. The number of ether oxygens (including phenoxy) is 3. The van der Waals surface area contributed by atoms with E-state index in [4.69, 9.17) is 25.7 Å². The number of benzene rings is 1. The first-order valence-electron chi connectivity index (χ1n) is 11.0. The van der Waals surface area contributed by atoms with E-state index in [0.717, 1.165) is 5.56 Å². The molecule has 0 fully saturated rings. The number of hydrogen-bond donors (Lipinski definition) is 3. The highest BCUT2D eigenvalue weighted by atomic mass is 16.5. The topological polar surface area (TPSA) is 143 Å². The summed E-state index contributed by atoms with van der Waals surface area (Å²) in [6, 6.07) is 9.41. The highest BCUT2D eigenvalue weighted by Gasteiger charge is 2.30. The molecule has 1 aromatic carbocycles. The highest BCUT2D eigenvalue weighted by Crippen LogP contribution is 2.23. The summed E-state index contributed by atoms with van der Waals surface area (Å²) in [5.74, 6) is -2.45. The van der Waals surface area contributed by atoms with Crippen molar-refractivity contribution in [1.82, 2.24) is 5.32 Å². The highest BCUT2D eigenvalue weighted by molar-refractivity contribution is 5.86. The molecule has 5 N–H and O–H groups in total. The Morgan fingerprint density at radius 1 is 0.875 bits per heavy atom. The summed E-state index contributed by atoms with van der Waals surface area (Å²) in [4.78, 5) is 35.8. The van der Waals surface area contributed by atoms with Crippen LogP contribution in [0.25, 0.3) is 0 Å². The molecule has 9 heteroatoms. The summed E-state index contributed by atoms with van der Waals surface area (Å²) in [5.41, 5.74) is 12.1. The maximum absolute atomic E-state index is 12.0. The van der Waals surface area contributed by atoms with Gasteiger partial charge in [-0.25, -0.2) is 0 Å². The molecule has 0 heterocycles. The number of nitrogens with two attached hydrogens (primary N) is 2. The van der Waals surface area contributed by atoms with E-state index in [1.54, 1.807) is 7.11 Å². The van der Waals surface area contributed by atoms with Gasteiger partial charge in [0.1, 0.15) is 0 Å². The van der Waals surface area contributed by atoms with Gasteiger partial charge < -0.3 is 31.0 Å². The van der Waals surface area contributed by atoms with Gasteiger partial charge in [-0.15, -0.1) is 0 Å². The lowest BCUT2D eigenvalue weighted by Crippen LogP contribution is -2.39. The summed E-state index contributed by atoms with van der Waals surface area (Å²) in [6.45, 7) is 2.74. The zero-order valence-corrected chi connectivity index (χ0v) is 18.9. The molecule has 0 bridgehead atoms. The van der Waals surface area contributed by atoms with E-state index in [-0.39, 0.29) is 12.3 Å². The molecule has 1 aromatic rings. The van der Waals surface area contributed by atoms with Crippen molar-refractivity contribution in [1.29, 1.82) is 0 Å². The predicted octanol–water partition coefficient (Wildman–Crippen LogP) is 0.788. The van der Waals surface area contributed by atoms with Crippen LogP contribution in [0.5, 0.6) is 0 Å². The lowest BCUT2D eigenvalue weighted by molar-refractivity contribution is -0.131. The first-order valence-corrected chi connectivity index (χ1v) is 11.0. The summed E-state index contributed by atoms with van der Waals surface area (Å²) >= 11 is 0. The van der Waals surface area contributed by atoms with E-state index < -0.39 is 23.7 Å². The number of nitrogens with one attached hydrogen (secondary N) is 1. The summed E-state index contributed by atoms with van der Waals surface area (Å²) in [7, 11) is 1.61. The van der Waals surface area contributed by atoms with Crippen LogP contribution < -0.4 is 16.8 Å². The number of methoxy groups -OCH3 is 1. The maximum Gasteiger partial charge on any atom is 0.222 e.